The first-order chi connectivity index (χ1) is 18.0. The Morgan fingerprint density at radius 3 is 2.62 bits per heavy atom. The molecule has 0 fully saturated rings. The molecule has 0 spiro atoms. The summed E-state index contributed by atoms with van der Waals surface area (Å²) in [6.45, 7) is 1.46. The van der Waals surface area contributed by atoms with Crippen molar-refractivity contribution in [1.29, 1.82) is 0 Å². The van der Waals surface area contributed by atoms with Crippen molar-refractivity contribution in [3.63, 3.8) is 0 Å². The van der Waals surface area contributed by atoms with Gasteiger partial charge in [0.1, 0.15) is 11.6 Å². The number of nitrogens with zero attached hydrogens (tertiary/aromatic N) is 1. The lowest BCUT2D eigenvalue weighted by Gasteiger charge is -2.21. The number of carbonyl (C=O) groups is 2. The molecule has 188 valence electrons. The van der Waals surface area contributed by atoms with E-state index in [1.165, 1.54) is 11.8 Å². The van der Waals surface area contributed by atoms with Crippen molar-refractivity contribution >= 4 is 29.3 Å². The number of fused-ring (bicyclic) bond motifs is 1. The summed E-state index contributed by atoms with van der Waals surface area (Å²) in [5.74, 6) is 2.45. The van der Waals surface area contributed by atoms with Crippen LogP contribution in [-0.4, -0.2) is 34.5 Å². The molecule has 0 saturated carbocycles. The third kappa shape index (κ3) is 5.78. The second-order valence-electron chi connectivity index (χ2n) is 9.29. The number of aromatic nitrogens is 2. The molecule has 0 bridgehead atoms. The first-order valence-electron chi connectivity index (χ1n) is 12.3. The number of H-pyrrole nitrogens is 1. The van der Waals surface area contributed by atoms with Crippen molar-refractivity contribution in [2.75, 3.05) is 18.2 Å². The highest BCUT2D eigenvalue weighted by Gasteiger charge is 2.31. The molecule has 7 heteroatoms. The molecule has 2 N–H and O–H groups in total. The first kappa shape index (κ1) is 24.8. The average molecular weight is 512 g/mol. The highest BCUT2D eigenvalue weighted by Crippen LogP contribution is 2.38. The van der Waals surface area contributed by atoms with E-state index in [1.54, 1.807) is 25.1 Å². The molecular formula is C30H29N3O3S. The number of methoxy groups -OCH3 is 1. The minimum Gasteiger partial charge on any atom is -0.497 e. The van der Waals surface area contributed by atoms with Gasteiger partial charge in [-0.15, -0.1) is 11.8 Å². The molecule has 1 atom stereocenters. The number of pyridine rings is 1. The second-order valence-corrected chi connectivity index (χ2v) is 10.4. The van der Waals surface area contributed by atoms with Gasteiger partial charge in [0.2, 0.25) is 5.91 Å². The van der Waals surface area contributed by atoms with Gasteiger partial charge in [0, 0.05) is 53.4 Å². The van der Waals surface area contributed by atoms with Crippen LogP contribution in [0.25, 0.3) is 11.3 Å². The van der Waals surface area contributed by atoms with Gasteiger partial charge in [-0.3, -0.25) is 9.59 Å². The van der Waals surface area contributed by atoms with Crippen LogP contribution in [0.4, 0.5) is 5.82 Å². The highest BCUT2D eigenvalue weighted by atomic mass is 32.2. The molecule has 6 nitrogen and oxygen atoms in total. The van der Waals surface area contributed by atoms with E-state index in [0.29, 0.717) is 18.7 Å². The van der Waals surface area contributed by atoms with Gasteiger partial charge in [-0.05, 0) is 59.9 Å². The minimum atomic E-state index is -0.174. The van der Waals surface area contributed by atoms with Crippen LogP contribution < -0.4 is 10.1 Å². The van der Waals surface area contributed by atoms with E-state index in [0.717, 1.165) is 51.6 Å². The molecule has 0 aliphatic heterocycles. The molecule has 0 radical (unpaired) electrons. The van der Waals surface area contributed by atoms with Gasteiger partial charge in [0.05, 0.1) is 12.8 Å². The van der Waals surface area contributed by atoms with Crippen LogP contribution >= 0.6 is 11.8 Å². The second kappa shape index (κ2) is 11.0. The van der Waals surface area contributed by atoms with Gasteiger partial charge in [0.15, 0.2) is 5.78 Å². The first-order valence-corrected chi connectivity index (χ1v) is 13.3. The summed E-state index contributed by atoms with van der Waals surface area (Å²) in [6, 6.07) is 22.0. The Labute approximate surface area is 220 Å². The number of amides is 1. The Morgan fingerprint density at radius 2 is 1.89 bits per heavy atom. The standard InChI is InChI=1S/C30H29N3O3S/c1-19(34)32-28-17-22(12-13-31-28)30-25(14-20-6-4-3-5-7-20)29-26(33-30)15-21(16-27(29)35)18-37-24-10-8-23(36-2)9-11-24/h3-13,17,21,33H,14-16,18H2,1-2H3,(H,31,32,34). The Morgan fingerprint density at radius 1 is 1.11 bits per heavy atom. The Balaban J connectivity index is 1.45. The maximum atomic E-state index is 13.5. The van der Waals surface area contributed by atoms with Crippen molar-refractivity contribution in [2.24, 2.45) is 5.92 Å². The molecule has 37 heavy (non-hydrogen) atoms. The summed E-state index contributed by atoms with van der Waals surface area (Å²) in [7, 11) is 1.66. The summed E-state index contributed by atoms with van der Waals surface area (Å²) < 4.78 is 5.25. The number of hydrogen-bond donors (Lipinski definition) is 2. The molecule has 2 aromatic carbocycles. The van der Waals surface area contributed by atoms with Gasteiger partial charge in [0.25, 0.3) is 0 Å². The van der Waals surface area contributed by atoms with Gasteiger partial charge in [-0.25, -0.2) is 4.98 Å². The topological polar surface area (TPSA) is 84.1 Å². The zero-order valence-corrected chi connectivity index (χ0v) is 21.7. The molecule has 1 aliphatic carbocycles. The third-order valence-corrected chi connectivity index (χ3v) is 7.79. The van der Waals surface area contributed by atoms with Crippen molar-refractivity contribution < 1.29 is 14.3 Å². The number of Topliss-reactive ketones (excluding diaryl/α,β-unsaturated/α-hetero) is 1. The Kier molecular flexibility index (Phi) is 7.42. The fourth-order valence-electron chi connectivity index (χ4n) is 4.87. The smallest absolute Gasteiger partial charge is 0.222 e. The number of hydrogen-bond acceptors (Lipinski definition) is 5. The number of carbonyl (C=O) groups excluding carboxylic acids is 2. The maximum absolute atomic E-state index is 13.5. The third-order valence-electron chi connectivity index (χ3n) is 6.55. The summed E-state index contributed by atoms with van der Waals surface area (Å²) in [4.78, 5) is 34.2. The van der Waals surface area contributed by atoms with E-state index in [9.17, 15) is 9.59 Å². The molecule has 4 aromatic rings. The molecule has 2 aromatic heterocycles. The highest BCUT2D eigenvalue weighted by molar-refractivity contribution is 7.99. The number of aromatic amines is 1. The molecule has 5 rings (SSSR count). The Bertz CT molecular complexity index is 1410. The van der Waals surface area contributed by atoms with E-state index in [4.69, 9.17) is 4.74 Å². The van der Waals surface area contributed by atoms with Crippen LogP contribution in [0.5, 0.6) is 5.75 Å². The summed E-state index contributed by atoms with van der Waals surface area (Å²) >= 11 is 1.77. The fourth-order valence-corrected chi connectivity index (χ4v) is 5.86. The summed E-state index contributed by atoms with van der Waals surface area (Å²) in [6.07, 6.45) is 3.68. The number of benzene rings is 2. The predicted molar refractivity (Wildman–Crippen MR) is 147 cm³/mol. The molecular weight excluding hydrogens is 482 g/mol. The van der Waals surface area contributed by atoms with E-state index in [1.807, 2.05) is 42.5 Å². The zero-order chi connectivity index (χ0) is 25.8. The van der Waals surface area contributed by atoms with E-state index < -0.39 is 0 Å². The van der Waals surface area contributed by atoms with Crippen LogP contribution in [0.15, 0.2) is 77.8 Å². The molecule has 1 amide bonds. The molecule has 2 heterocycles. The van der Waals surface area contributed by atoms with Crippen molar-refractivity contribution in [1.82, 2.24) is 9.97 Å². The van der Waals surface area contributed by atoms with Gasteiger partial charge in [-0.1, -0.05) is 30.3 Å². The SMILES string of the molecule is COc1ccc(SCC2CC(=O)c3c([nH]c(-c4ccnc(NC(C)=O)c4)c3Cc3ccccc3)C2)cc1. The lowest BCUT2D eigenvalue weighted by Crippen LogP contribution is -2.22. The fraction of sp³-hybridized carbons (Fsp3) is 0.233. The normalized spacial score (nSPS) is 14.8. The maximum Gasteiger partial charge on any atom is 0.222 e. The van der Waals surface area contributed by atoms with Crippen LogP contribution in [0, 0.1) is 5.92 Å². The monoisotopic (exact) mass is 511 g/mol. The van der Waals surface area contributed by atoms with Gasteiger partial charge in [-0.2, -0.15) is 0 Å². The minimum absolute atomic E-state index is 0.174. The van der Waals surface area contributed by atoms with Crippen LogP contribution in [0.2, 0.25) is 0 Å². The number of ketones is 1. The van der Waals surface area contributed by atoms with Crippen LogP contribution in [-0.2, 0) is 17.6 Å². The number of rotatable bonds is 8. The quantitative estimate of drug-likeness (QED) is 0.276. The van der Waals surface area contributed by atoms with Gasteiger partial charge >= 0.3 is 0 Å². The van der Waals surface area contributed by atoms with E-state index >= 15 is 0 Å². The lowest BCUT2D eigenvalue weighted by atomic mass is 9.84. The molecule has 1 aliphatic rings. The molecule has 0 saturated heterocycles. The van der Waals surface area contributed by atoms with Crippen LogP contribution in [0.3, 0.4) is 0 Å². The number of anilines is 1. The van der Waals surface area contributed by atoms with Crippen molar-refractivity contribution in [3.8, 4) is 17.0 Å². The van der Waals surface area contributed by atoms with E-state index in [2.05, 4.69) is 39.6 Å². The number of ether oxygens (including phenoxy) is 1. The van der Waals surface area contributed by atoms with Crippen LogP contribution in [0.1, 0.15) is 40.5 Å². The summed E-state index contributed by atoms with van der Waals surface area (Å²) in [5.41, 5.74) is 5.78. The molecule has 1 unspecified atom stereocenters. The average Bonchev–Trinajstić information content (AvgIpc) is 3.26. The lowest BCUT2D eigenvalue weighted by molar-refractivity contribution is -0.114. The zero-order valence-electron chi connectivity index (χ0n) is 20.9. The number of nitrogens with one attached hydrogen (secondary N) is 2. The Hall–Kier alpha value is -3.84. The number of thioether (sulfide) groups is 1. The predicted octanol–water partition coefficient (Wildman–Crippen LogP) is 6.17. The van der Waals surface area contributed by atoms with Crippen molar-refractivity contribution in [3.05, 3.63) is 95.3 Å². The van der Waals surface area contributed by atoms with Crippen molar-refractivity contribution in [2.45, 2.75) is 31.1 Å². The largest absolute Gasteiger partial charge is 0.497 e. The van der Waals surface area contributed by atoms with E-state index in [-0.39, 0.29) is 17.6 Å². The van der Waals surface area contributed by atoms with Gasteiger partial charge < -0.3 is 15.0 Å². The summed E-state index contributed by atoms with van der Waals surface area (Å²) in [5, 5.41) is 2.76.